The minimum absolute atomic E-state index is 0.0553. The van der Waals surface area contributed by atoms with Crippen LogP contribution in [0.4, 0.5) is 5.69 Å². The highest BCUT2D eigenvalue weighted by atomic mass is 16.5. The van der Waals surface area contributed by atoms with Crippen molar-refractivity contribution in [3.63, 3.8) is 0 Å². The number of rotatable bonds is 8. The lowest BCUT2D eigenvalue weighted by molar-refractivity contribution is -0.137. The molecule has 4 heteroatoms. The molecule has 132 valence electrons. The fourth-order valence-corrected chi connectivity index (χ4v) is 2.46. The van der Waals surface area contributed by atoms with Crippen molar-refractivity contribution in [2.75, 3.05) is 19.0 Å². The summed E-state index contributed by atoms with van der Waals surface area (Å²) in [7, 11) is 1.65. The lowest BCUT2D eigenvalue weighted by Gasteiger charge is -2.19. The molecule has 0 radical (unpaired) electrons. The SMILES string of the molecule is CCOC(=O)/C=C/C[C@H](Nc1ccc(OC)cc1)c1ccc(C)cc1. The van der Waals surface area contributed by atoms with E-state index in [1.54, 1.807) is 14.0 Å². The van der Waals surface area contributed by atoms with Crippen LogP contribution in [0.5, 0.6) is 5.75 Å². The van der Waals surface area contributed by atoms with E-state index in [1.807, 2.05) is 30.3 Å². The van der Waals surface area contributed by atoms with E-state index in [-0.39, 0.29) is 12.0 Å². The first kappa shape index (κ1) is 18.6. The van der Waals surface area contributed by atoms with Gasteiger partial charge in [-0.15, -0.1) is 0 Å². The Morgan fingerprint density at radius 1 is 1.12 bits per heavy atom. The van der Waals surface area contributed by atoms with Gasteiger partial charge in [0.25, 0.3) is 0 Å². The Kier molecular flexibility index (Phi) is 7.08. The lowest BCUT2D eigenvalue weighted by Crippen LogP contribution is -2.10. The quantitative estimate of drug-likeness (QED) is 0.561. The van der Waals surface area contributed by atoms with E-state index in [0.717, 1.165) is 17.0 Å². The van der Waals surface area contributed by atoms with Gasteiger partial charge in [0.2, 0.25) is 0 Å². The molecule has 0 aliphatic rings. The van der Waals surface area contributed by atoms with Gasteiger partial charge in [-0.25, -0.2) is 4.79 Å². The second-order valence-electron chi connectivity index (χ2n) is 5.73. The van der Waals surface area contributed by atoms with Crippen LogP contribution < -0.4 is 10.1 Å². The zero-order chi connectivity index (χ0) is 18.1. The Balaban J connectivity index is 2.13. The van der Waals surface area contributed by atoms with E-state index in [9.17, 15) is 4.79 Å². The second-order valence-corrected chi connectivity index (χ2v) is 5.73. The van der Waals surface area contributed by atoms with Gasteiger partial charge >= 0.3 is 5.97 Å². The van der Waals surface area contributed by atoms with E-state index < -0.39 is 0 Å². The summed E-state index contributed by atoms with van der Waals surface area (Å²) >= 11 is 0. The minimum Gasteiger partial charge on any atom is -0.497 e. The molecule has 1 atom stereocenters. The summed E-state index contributed by atoms with van der Waals surface area (Å²) in [5, 5.41) is 3.51. The van der Waals surface area contributed by atoms with E-state index >= 15 is 0 Å². The Morgan fingerprint density at radius 2 is 1.80 bits per heavy atom. The predicted molar refractivity (Wildman–Crippen MR) is 101 cm³/mol. The summed E-state index contributed by atoms with van der Waals surface area (Å²) in [6.45, 7) is 4.25. The van der Waals surface area contributed by atoms with E-state index in [0.29, 0.717) is 13.0 Å². The van der Waals surface area contributed by atoms with E-state index in [1.165, 1.54) is 11.6 Å². The topological polar surface area (TPSA) is 47.6 Å². The molecule has 1 N–H and O–H groups in total. The summed E-state index contributed by atoms with van der Waals surface area (Å²) in [5.41, 5.74) is 3.37. The monoisotopic (exact) mass is 339 g/mol. The molecule has 0 aliphatic heterocycles. The number of carbonyl (C=O) groups excluding carboxylic acids is 1. The first-order valence-corrected chi connectivity index (χ1v) is 8.42. The van der Waals surface area contributed by atoms with Gasteiger partial charge < -0.3 is 14.8 Å². The molecule has 0 amide bonds. The molecule has 0 saturated carbocycles. The number of benzene rings is 2. The number of anilines is 1. The molecule has 0 saturated heterocycles. The van der Waals surface area contributed by atoms with Gasteiger partial charge in [-0.2, -0.15) is 0 Å². The highest BCUT2D eigenvalue weighted by Gasteiger charge is 2.10. The van der Waals surface area contributed by atoms with Crippen molar-refractivity contribution in [3.05, 3.63) is 71.8 Å². The van der Waals surface area contributed by atoms with Gasteiger partial charge in [-0.3, -0.25) is 0 Å². The van der Waals surface area contributed by atoms with Crippen LogP contribution in [0.15, 0.2) is 60.7 Å². The van der Waals surface area contributed by atoms with Gasteiger partial charge in [-0.1, -0.05) is 35.9 Å². The van der Waals surface area contributed by atoms with Crippen molar-refractivity contribution < 1.29 is 14.3 Å². The second kappa shape index (κ2) is 9.52. The highest BCUT2D eigenvalue weighted by Crippen LogP contribution is 2.25. The summed E-state index contributed by atoms with van der Waals surface area (Å²) in [6.07, 6.45) is 4.01. The molecule has 0 spiro atoms. The van der Waals surface area contributed by atoms with Crippen molar-refractivity contribution in [2.45, 2.75) is 26.3 Å². The number of hydrogen-bond donors (Lipinski definition) is 1. The third-order valence-corrected chi connectivity index (χ3v) is 3.82. The predicted octanol–water partition coefficient (Wildman–Crippen LogP) is 4.67. The fraction of sp³-hybridized carbons (Fsp3) is 0.286. The van der Waals surface area contributed by atoms with E-state index in [2.05, 4.69) is 36.5 Å². The number of nitrogens with one attached hydrogen (secondary N) is 1. The summed E-state index contributed by atoms with van der Waals surface area (Å²) < 4.78 is 10.1. The maximum atomic E-state index is 11.5. The van der Waals surface area contributed by atoms with Gasteiger partial charge in [0.15, 0.2) is 0 Å². The first-order chi connectivity index (χ1) is 12.1. The number of methoxy groups -OCH3 is 1. The zero-order valence-corrected chi connectivity index (χ0v) is 15.0. The van der Waals surface area contributed by atoms with Gasteiger partial charge in [-0.05, 0) is 50.1 Å². The largest absolute Gasteiger partial charge is 0.497 e. The van der Waals surface area contributed by atoms with Crippen LogP contribution in [-0.4, -0.2) is 19.7 Å². The smallest absolute Gasteiger partial charge is 0.330 e. The maximum absolute atomic E-state index is 11.5. The highest BCUT2D eigenvalue weighted by molar-refractivity contribution is 5.81. The molecule has 2 aromatic rings. The fourth-order valence-electron chi connectivity index (χ4n) is 2.46. The van der Waals surface area contributed by atoms with E-state index in [4.69, 9.17) is 9.47 Å². The Morgan fingerprint density at radius 3 is 2.40 bits per heavy atom. The molecular weight excluding hydrogens is 314 g/mol. The average Bonchev–Trinajstić information content (AvgIpc) is 2.62. The Hall–Kier alpha value is -2.75. The average molecular weight is 339 g/mol. The molecule has 0 fully saturated rings. The zero-order valence-electron chi connectivity index (χ0n) is 15.0. The maximum Gasteiger partial charge on any atom is 0.330 e. The Bertz CT molecular complexity index is 690. The first-order valence-electron chi connectivity index (χ1n) is 8.42. The normalized spacial score (nSPS) is 12.0. The van der Waals surface area contributed by atoms with Crippen LogP contribution in [-0.2, 0) is 9.53 Å². The van der Waals surface area contributed by atoms with Crippen LogP contribution in [0.1, 0.15) is 30.5 Å². The molecule has 0 heterocycles. The van der Waals surface area contributed by atoms with Gasteiger partial charge in [0.05, 0.1) is 19.8 Å². The molecule has 0 aromatic heterocycles. The minimum atomic E-state index is -0.311. The third-order valence-electron chi connectivity index (χ3n) is 3.82. The number of carbonyl (C=O) groups is 1. The van der Waals surface area contributed by atoms with Gasteiger partial charge in [0.1, 0.15) is 5.75 Å². The number of hydrogen-bond acceptors (Lipinski definition) is 4. The standard InChI is InChI=1S/C21H25NO3/c1-4-25-21(23)7-5-6-20(17-10-8-16(2)9-11-17)22-18-12-14-19(24-3)15-13-18/h5,7-15,20,22H,4,6H2,1-3H3/b7-5+/t20-/m0/s1. The Labute approximate surface area is 149 Å². The molecule has 2 rings (SSSR count). The summed E-state index contributed by atoms with van der Waals surface area (Å²) in [5.74, 6) is 0.509. The number of ether oxygens (including phenoxy) is 2. The third kappa shape index (κ3) is 5.99. The van der Waals surface area contributed by atoms with Crippen LogP contribution >= 0.6 is 0 Å². The molecular formula is C21H25NO3. The van der Waals surface area contributed by atoms with Crippen LogP contribution in [0.25, 0.3) is 0 Å². The van der Waals surface area contributed by atoms with Crippen LogP contribution in [0, 0.1) is 6.92 Å². The van der Waals surface area contributed by atoms with Crippen molar-refractivity contribution in [3.8, 4) is 5.75 Å². The van der Waals surface area contributed by atoms with Crippen molar-refractivity contribution in [1.29, 1.82) is 0 Å². The van der Waals surface area contributed by atoms with Crippen LogP contribution in [0.2, 0.25) is 0 Å². The molecule has 25 heavy (non-hydrogen) atoms. The molecule has 0 unspecified atom stereocenters. The molecule has 0 aliphatic carbocycles. The van der Waals surface area contributed by atoms with Crippen molar-refractivity contribution in [2.24, 2.45) is 0 Å². The molecule has 2 aromatic carbocycles. The van der Waals surface area contributed by atoms with Gasteiger partial charge in [0, 0.05) is 11.8 Å². The molecule has 0 bridgehead atoms. The van der Waals surface area contributed by atoms with Crippen molar-refractivity contribution >= 4 is 11.7 Å². The number of aryl methyl sites for hydroxylation is 1. The lowest BCUT2D eigenvalue weighted by atomic mass is 10.0. The summed E-state index contributed by atoms with van der Waals surface area (Å²) in [6, 6.07) is 16.2. The number of esters is 1. The van der Waals surface area contributed by atoms with Crippen molar-refractivity contribution in [1.82, 2.24) is 0 Å². The molecule has 4 nitrogen and oxygen atoms in total. The summed E-state index contributed by atoms with van der Waals surface area (Å²) in [4.78, 5) is 11.5. The van der Waals surface area contributed by atoms with Crippen LogP contribution in [0.3, 0.4) is 0 Å².